The van der Waals surface area contributed by atoms with E-state index < -0.39 is 196 Å². The van der Waals surface area contributed by atoms with Gasteiger partial charge in [-0.1, -0.05) is 0 Å². The van der Waals surface area contributed by atoms with E-state index in [9.17, 15) is 130 Å². The van der Waals surface area contributed by atoms with Gasteiger partial charge in [-0.2, -0.15) is 105 Å². The average molecular weight is 1050 g/mol. The molecule has 0 aromatic rings. The van der Waals surface area contributed by atoms with E-state index in [2.05, 4.69) is 0 Å². The van der Waals surface area contributed by atoms with Gasteiger partial charge in [0.25, 0.3) is 0 Å². The SMILES string of the molecule is O=S(=O)(N1CC2CN(S(=O)(=O)C(F)(F)F)CC(C1)N2S(=O)(=O)C(F)(F)F)C(F)(F)F.O=S(=O)(N1CC2CN(S(=O)(=O)C(F)(F)F)CC(C1)N2S(=O)(=O)C(F)(F)F)C(F)(F)F. The van der Waals surface area contributed by atoms with Gasteiger partial charge in [-0.25, -0.2) is 50.5 Å². The van der Waals surface area contributed by atoms with Crippen LogP contribution in [0.1, 0.15) is 0 Å². The molecule has 60 heavy (non-hydrogen) atoms. The molecule has 4 aliphatic heterocycles. The fraction of sp³-hybridized carbons (Fsp3) is 1.00. The number of alkyl halides is 18. The topological polar surface area (TPSA) is 224 Å². The van der Waals surface area contributed by atoms with Crippen molar-refractivity contribution in [3.8, 4) is 0 Å². The summed E-state index contributed by atoms with van der Waals surface area (Å²) in [5, 5.41) is 0. The molecule has 0 saturated carbocycles. The summed E-state index contributed by atoms with van der Waals surface area (Å²) in [6.07, 6.45) is 0. The molecular weight excluding hydrogens is 1030 g/mol. The summed E-state index contributed by atoms with van der Waals surface area (Å²) >= 11 is 0. The molecule has 356 valence electrons. The Morgan fingerprint density at radius 1 is 0.250 bits per heavy atom. The van der Waals surface area contributed by atoms with Crippen LogP contribution in [-0.2, 0) is 60.1 Å². The maximum absolute atomic E-state index is 12.9. The quantitative estimate of drug-likeness (QED) is 0.330. The standard InChI is InChI=1S/2C9H10F9N3O6S3/c2*10-7(11,12)28(22,23)19-1-5-2-20(29(24,25)8(13,14)15)4-6(3-19)21(5)30(26,27)9(16,17)18/h2*5-6H,1-4H2. The van der Waals surface area contributed by atoms with Crippen molar-refractivity contribution in [2.24, 2.45) is 0 Å². The molecule has 4 heterocycles. The first-order chi connectivity index (χ1) is 26.1. The van der Waals surface area contributed by atoms with Gasteiger partial charge in [-0.05, 0) is 0 Å². The second kappa shape index (κ2) is 15.4. The molecule has 4 saturated heterocycles. The summed E-state index contributed by atoms with van der Waals surface area (Å²) in [6, 6.07) is -10.0. The maximum Gasteiger partial charge on any atom is 0.511 e. The monoisotopic (exact) mass is 1050 g/mol. The van der Waals surface area contributed by atoms with Gasteiger partial charge in [0.1, 0.15) is 0 Å². The Morgan fingerprint density at radius 3 is 0.467 bits per heavy atom. The van der Waals surface area contributed by atoms with Crippen LogP contribution in [0.3, 0.4) is 0 Å². The third-order valence-corrected chi connectivity index (χ3v) is 18.1. The van der Waals surface area contributed by atoms with Crippen molar-refractivity contribution in [1.82, 2.24) is 25.8 Å². The molecule has 4 fully saturated rings. The van der Waals surface area contributed by atoms with Crippen LogP contribution in [0.15, 0.2) is 0 Å². The van der Waals surface area contributed by atoms with Crippen LogP contribution in [0.25, 0.3) is 0 Å². The van der Waals surface area contributed by atoms with Crippen molar-refractivity contribution in [3.05, 3.63) is 0 Å². The molecular formula is C18H20F18N6O12S6. The minimum atomic E-state index is -6.34. The molecule has 0 aromatic heterocycles. The zero-order valence-electron chi connectivity index (χ0n) is 27.8. The van der Waals surface area contributed by atoms with E-state index >= 15 is 0 Å². The molecule has 4 aliphatic rings. The number of rotatable bonds is 6. The van der Waals surface area contributed by atoms with Gasteiger partial charge in [-0.15, -0.1) is 0 Å². The summed E-state index contributed by atoms with van der Waals surface area (Å²) in [7, 11) is -37.4. The molecule has 0 aromatic carbocycles. The van der Waals surface area contributed by atoms with Gasteiger partial charge in [0.05, 0.1) is 24.2 Å². The maximum atomic E-state index is 12.9. The minimum Gasteiger partial charge on any atom is -0.203 e. The summed E-state index contributed by atoms with van der Waals surface area (Å²) in [5.41, 5.74) is -35.8. The largest absolute Gasteiger partial charge is 0.511 e. The van der Waals surface area contributed by atoms with Crippen molar-refractivity contribution < 1.29 is 130 Å². The van der Waals surface area contributed by atoms with E-state index in [0.717, 1.165) is 0 Å². The van der Waals surface area contributed by atoms with Crippen LogP contribution in [0.2, 0.25) is 0 Å². The number of sulfonamides is 6. The predicted molar refractivity (Wildman–Crippen MR) is 155 cm³/mol. The molecule has 0 amide bonds. The lowest BCUT2D eigenvalue weighted by atomic mass is 10.1. The molecule has 4 rings (SSSR count). The predicted octanol–water partition coefficient (Wildman–Crippen LogP) is 0.411. The zero-order valence-corrected chi connectivity index (χ0v) is 32.7. The van der Waals surface area contributed by atoms with Gasteiger partial charge < -0.3 is 0 Å². The zero-order chi connectivity index (χ0) is 47.4. The van der Waals surface area contributed by atoms with Crippen LogP contribution < -0.4 is 0 Å². The van der Waals surface area contributed by atoms with Crippen molar-refractivity contribution in [2.45, 2.75) is 57.2 Å². The van der Waals surface area contributed by atoms with Crippen molar-refractivity contribution in [1.29, 1.82) is 0 Å². The highest BCUT2D eigenvalue weighted by Gasteiger charge is 2.65. The normalized spacial score (nSPS) is 26.7. The number of nitrogens with zero attached hydrogens (tertiary/aromatic N) is 6. The second-order valence-corrected chi connectivity index (χ2v) is 23.6. The lowest BCUT2D eigenvalue weighted by molar-refractivity contribution is -0.0655. The third-order valence-electron chi connectivity index (χ3n) is 8.42. The molecule has 0 aliphatic carbocycles. The Morgan fingerprint density at radius 2 is 0.367 bits per heavy atom. The Labute approximate surface area is 324 Å². The Kier molecular flexibility index (Phi) is 13.5. The van der Waals surface area contributed by atoms with Crippen molar-refractivity contribution >= 4 is 60.1 Å². The number of fused-ring (bicyclic) bond motifs is 4. The third kappa shape index (κ3) is 9.23. The van der Waals surface area contributed by atoms with Crippen LogP contribution >= 0.6 is 0 Å². The molecule has 0 atom stereocenters. The molecule has 0 spiro atoms. The van der Waals surface area contributed by atoms with Crippen molar-refractivity contribution in [2.75, 3.05) is 52.4 Å². The fourth-order valence-corrected chi connectivity index (χ4v) is 12.7. The van der Waals surface area contributed by atoms with Gasteiger partial charge in [-0.3, -0.25) is 0 Å². The summed E-state index contributed by atoms with van der Waals surface area (Å²) in [4.78, 5) is 0. The van der Waals surface area contributed by atoms with Gasteiger partial charge in [0, 0.05) is 52.4 Å². The first kappa shape index (κ1) is 52.5. The summed E-state index contributed by atoms with van der Waals surface area (Å²) in [6.45, 7) is -13.2. The van der Waals surface area contributed by atoms with Crippen molar-refractivity contribution in [3.63, 3.8) is 0 Å². The number of halogens is 18. The Balaban J connectivity index is 0.000000320. The smallest absolute Gasteiger partial charge is 0.203 e. The number of hydrogen-bond acceptors (Lipinski definition) is 12. The van der Waals surface area contributed by atoms with E-state index in [1.54, 1.807) is 0 Å². The molecule has 0 unspecified atom stereocenters. The Bertz CT molecular complexity index is 2020. The van der Waals surface area contributed by atoms with Gasteiger partial charge in [0.2, 0.25) is 0 Å². The summed E-state index contributed by atoms with van der Waals surface area (Å²) in [5.74, 6) is 0. The first-order valence-corrected chi connectivity index (χ1v) is 23.2. The van der Waals surface area contributed by atoms with Gasteiger partial charge in [0.15, 0.2) is 0 Å². The van der Waals surface area contributed by atoms with Crippen LogP contribution in [-0.4, -0.2) is 186 Å². The average Bonchev–Trinajstić information content (AvgIpc) is 2.99. The first-order valence-electron chi connectivity index (χ1n) is 14.6. The fourth-order valence-electron chi connectivity index (χ4n) is 6.04. The van der Waals surface area contributed by atoms with Gasteiger partial charge >= 0.3 is 93.2 Å². The number of hydrogen-bond donors (Lipinski definition) is 0. The highest BCUT2D eigenvalue weighted by molar-refractivity contribution is 7.91. The van der Waals surface area contributed by atoms with E-state index in [1.807, 2.05) is 0 Å². The highest BCUT2D eigenvalue weighted by Crippen LogP contribution is 2.42. The van der Waals surface area contributed by atoms with Crippen LogP contribution in [0, 0.1) is 0 Å². The summed E-state index contributed by atoms with van der Waals surface area (Å²) < 4.78 is 367. The number of piperazine rings is 4. The van der Waals surface area contributed by atoms with Crippen LogP contribution in [0.4, 0.5) is 79.0 Å². The van der Waals surface area contributed by atoms with Crippen LogP contribution in [0.5, 0.6) is 0 Å². The molecule has 0 radical (unpaired) electrons. The highest BCUT2D eigenvalue weighted by atomic mass is 32.2. The lowest BCUT2D eigenvalue weighted by Gasteiger charge is -2.50. The second-order valence-electron chi connectivity index (χ2n) is 12.2. The molecule has 42 heteroatoms. The van der Waals surface area contributed by atoms with E-state index in [-0.39, 0.29) is 0 Å². The van der Waals surface area contributed by atoms with E-state index in [4.69, 9.17) is 0 Å². The molecule has 4 bridgehead atoms. The molecule has 0 N–H and O–H groups in total. The lowest BCUT2D eigenvalue weighted by Crippen LogP contribution is -2.72. The van der Waals surface area contributed by atoms with E-state index in [0.29, 0.717) is 0 Å². The minimum absolute atomic E-state index is 0.442. The van der Waals surface area contributed by atoms with E-state index in [1.165, 1.54) is 0 Å². The Hall–Kier alpha value is -1.80. The molecule has 18 nitrogen and oxygen atoms in total.